The number of piperazine rings is 1. The second-order valence-electron chi connectivity index (χ2n) is 8.11. The van der Waals surface area contributed by atoms with E-state index >= 15 is 0 Å². The van der Waals surface area contributed by atoms with Gasteiger partial charge in [-0.1, -0.05) is 17.3 Å². The van der Waals surface area contributed by atoms with Crippen LogP contribution in [0.3, 0.4) is 0 Å². The number of nitrogens with zero attached hydrogens (tertiary/aromatic N) is 5. The Kier molecular flexibility index (Phi) is 5.62. The number of rotatable bonds is 6. The lowest BCUT2D eigenvalue weighted by atomic mass is 10.1. The van der Waals surface area contributed by atoms with Crippen molar-refractivity contribution in [3.05, 3.63) is 53.1 Å². The molecule has 0 spiro atoms. The van der Waals surface area contributed by atoms with Crippen LogP contribution >= 0.6 is 0 Å². The second-order valence-corrected chi connectivity index (χ2v) is 8.11. The summed E-state index contributed by atoms with van der Waals surface area (Å²) < 4.78 is 2.07. The zero-order valence-corrected chi connectivity index (χ0v) is 17.4. The summed E-state index contributed by atoms with van der Waals surface area (Å²) in [7, 11) is 0. The minimum Gasteiger partial charge on any atom is -0.369 e. The van der Waals surface area contributed by atoms with Crippen molar-refractivity contribution >= 4 is 16.7 Å². The average molecular weight is 378 g/mol. The number of hydrogen-bond acceptors (Lipinski definition) is 4. The molecule has 1 aliphatic rings. The molecule has 148 valence electrons. The molecule has 3 aromatic rings. The molecule has 5 heteroatoms. The number of anilines is 1. The highest BCUT2D eigenvalue weighted by atomic mass is 15.4. The summed E-state index contributed by atoms with van der Waals surface area (Å²) in [5.41, 5.74) is 7.46. The highest BCUT2D eigenvalue weighted by molar-refractivity contribution is 5.76. The third kappa shape index (κ3) is 4.20. The van der Waals surface area contributed by atoms with Gasteiger partial charge >= 0.3 is 0 Å². The highest BCUT2D eigenvalue weighted by Crippen LogP contribution is 2.19. The van der Waals surface area contributed by atoms with E-state index in [1.165, 1.54) is 35.3 Å². The van der Waals surface area contributed by atoms with Gasteiger partial charge in [-0.05, 0) is 81.1 Å². The van der Waals surface area contributed by atoms with E-state index in [1.54, 1.807) is 0 Å². The number of fused-ring (bicyclic) bond motifs is 1. The SMILES string of the molecule is Cc1cccc(N2CCN(CCCCn3nnc4cc(C)c(C)cc43)CC2)c1. The van der Waals surface area contributed by atoms with Crippen LogP contribution in [0.2, 0.25) is 0 Å². The molecule has 0 saturated carbocycles. The smallest absolute Gasteiger partial charge is 0.113 e. The maximum Gasteiger partial charge on any atom is 0.113 e. The molecule has 2 aromatic carbocycles. The fourth-order valence-corrected chi connectivity index (χ4v) is 4.04. The Hall–Kier alpha value is -2.40. The first-order chi connectivity index (χ1) is 13.6. The van der Waals surface area contributed by atoms with Crippen LogP contribution in [0.5, 0.6) is 0 Å². The summed E-state index contributed by atoms with van der Waals surface area (Å²) in [6.07, 6.45) is 2.35. The van der Waals surface area contributed by atoms with E-state index < -0.39 is 0 Å². The van der Waals surface area contributed by atoms with Gasteiger partial charge in [0.05, 0.1) is 5.52 Å². The van der Waals surface area contributed by atoms with Crippen LogP contribution in [0, 0.1) is 20.8 Å². The Morgan fingerprint density at radius 2 is 1.61 bits per heavy atom. The summed E-state index contributed by atoms with van der Waals surface area (Å²) in [5.74, 6) is 0. The van der Waals surface area contributed by atoms with Crippen LogP contribution < -0.4 is 4.90 Å². The lowest BCUT2D eigenvalue weighted by Gasteiger charge is -2.36. The predicted molar refractivity (Wildman–Crippen MR) is 116 cm³/mol. The topological polar surface area (TPSA) is 37.2 Å². The zero-order valence-electron chi connectivity index (χ0n) is 17.4. The zero-order chi connectivity index (χ0) is 19.5. The Morgan fingerprint density at radius 1 is 0.857 bits per heavy atom. The fourth-order valence-electron chi connectivity index (χ4n) is 4.04. The molecule has 0 unspecified atom stereocenters. The van der Waals surface area contributed by atoms with Crippen molar-refractivity contribution in [3.8, 4) is 0 Å². The lowest BCUT2D eigenvalue weighted by molar-refractivity contribution is 0.251. The highest BCUT2D eigenvalue weighted by Gasteiger charge is 2.16. The first-order valence-corrected chi connectivity index (χ1v) is 10.4. The van der Waals surface area contributed by atoms with Gasteiger partial charge in [0.1, 0.15) is 5.52 Å². The molecule has 0 N–H and O–H groups in total. The maximum absolute atomic E-state index is 4.36. The summed E-state index contributed by atoms with van der Waals surface area (Å²) in [6, 6.07) is 13.2. The van der Waals surface area contributed by atoms with Crippen LogP contribution in [-0.2, 0) is 6.54 Å². The van der Waals surface area contributed by atoms with Crippen molar-refractivity contribution in [1.29, 1.82) is 0 Å². The summed E-state index contributed by atoms with van der Waals surface area (Å²) in [4.78, 5) is 5.11. The molecule has 1 aromatic heterocycles. The Balaban J connectivity index is 1.23. The van der Waals surface area contributed by atoms with Crippen molar-refractivity contribution in [2.45, 2.75) is 40.2 Å². The van der Waals surface area contributed by atoms with Crippen LogP contribution in [-0.4, -0.2) is 52.6 Å². The van der Waals surface area contributed by atoms with Crippen LogP contribution in [0.15, 0.2) is 36.4 Å². The molecule has 5 nitrogen and oxygen atoms in total. The summed E-state index contributed by atoms with van der Waals surface area (Å²) in [6.45, 7) is 13.1. The second kappa shape index (κ2) is 8.31. The lowest BCUT2D eigenvalue weighted by Crippen LogP contribution is -2.46. The van der Waals surface area contributed by atoms with E-state index in [1.807, 2.05) is 0 Å². The first kappa shape index (κ1) is 18.9. The molecule has 0 amide bonds. The third-order valence-corrected chi connectivity index (χ3v) is 5.96. The molecular weight excluding hydrogens is 346 g/mol. The molecule has 1 fully saturated rings. The summed E-state index contributed by atoms with van der Waals surface area (Å²) >= 11 is 0. The number of unbranched alkanes of at least 4 members (excludes halogenated alkanes) is 1. The fraction of sp³-hybridized carbons (Fsp3) is 0.478. The molecule has 0 bridgehead atoms. The molecule has 1 aliphatic heterocycles. The van der Waals surface area contributed by atoms with Gasteiger partial charge < -0.3 is 4.90 Å². The van der Waals surface area contributed by atoms with Gasteiger partial charge in [0.15, 0.2) is 0 Å². The first-order valence-electron chi connectivity index (χ1n) is 10.4. The Labute approximate surface area is 167 Å². The molecule has 4 rings (SSSR count). The number of hydrogen-bond donors (Lipinski definition) is 0. The molecule has 1 saturated heterocycles. The number of aryl methyl sites for hydroxylation is 4. The predicted octanol–water partition coefficient (Wildman–Crippen LogP) is 3.96. The minimum absolute atomic E-state index is 0.947. The van der Waals surface area contributed by atoms with Crippen molar-refractivity contribution in [3.63, 3.8) is 0 Å². The molecule has 2 heterocycles. The van der Waals surface area contributed by atoms with E-state index in [0.29, 0.717) is 0 Å². The van der Waals surface area contributed by atoms with Crippen LogP contribution in [0.4, 0.5) is 5.69 Å². The van der Waals surface area contributed by atoms with Gasteiger partial charge in [0, 0.05) is 38.4 Å². The molecule has 0 aliphatic carbocycles. The molecular formula is C23H31N5. The van der Waals surface area contributed by atoms with E-state index in [4.69, 9.17) is 0 Å². The van der Waals surface area contributed by atoms with E-state index in [9.17, 15) is 0 Å². The Bertz CT molecular complexity index is 937. The average Bonchev–Trinajstić information content (AvgIpc) is 3.08. The van der Waals surface area contributed by atoms with Gasteiger partial charge in [-0.15, -0.1) is 5.10 Å². The van der Waals surface area contributed by atoms with Crippen molar-refractivity contribution in [2.24, 2.45) is 0 Å². The molecule has 0 atom stereocenters. The minimum atomic E-state index is 0.947. The standard InChI is InChI=1S/C23H31N5/c1-18-7-6-8-21(15-18)27-13-11-26(12-14-27)9-4-5-10-28-23-17-20(3)19(2)16-22(23)24-25-28/h6-8,15-17H,4-5,9-14H2,1-3H3. The normalized spacial score (nSPS) is 15.5. The molecule has 0 radical (unpaired) electrons. The van der Waals surface area contributed by atoms with Gasteiger partial charge in [-0.3, -0.25) is 4.90 Å². The quantitative estimate of drug-likeness (QED) is 0.610. The monoisotopic (exact) mass is 377 g/mol. The third-order valence-electron chi connectivity index (χ3n) is 5.96. The Morgan fingerprint density at radius 3 is 2.39 bits per heavy atom. The van der Waals surface area contributed by atoms with Crippen LogP contribution in [0.1, 0.15) is 29.5 Å². The van der Waals surface area contributed by atoms with Crippen molar-refractivity contribution in [2.75, 3.05) is 37.6 Å². The number of aromatic nitrogens is 3. The van der Waals surface area contributed by atoms with Crippen molar-refractivity contribution < 1.29 is 0 Å². The van der Waals surface area contributed by atoms with E-state index in [-0.39, 0.29) is 0 Å². The van der Waals surface area contributed by atoms with E-state index in [0.717, 1.165) is 50.2 Å². The van der Waals surface area contributed by atoms with Gasteiger partial charge in [-0.2, -0.15) is 0 Å². The van der Waals surface area contributed by atoms with Gasteiger partial charge in [0.2, 0.25) is 0 Å². The number of benzene rings is 2. The van der Waals surface area contributed by atoms with Gasteiger partial charge in [0.25, 0.3) is 0 Å². The maximum atomic E-state index is 4.36. The van der Waals surface area contributed by atoms with Crippen LogP contribution in [0.25, 0.3) is 11.0 Å². The molecule has 28 heavy (non-hydrogen) atoms. The summed E-state index contributed by atoms with van der Waals surface area (Å²) in [5, 5.41) is 8.69. The van der Waals surface area contributed by atoms with E-state index in [2.05, 4.69) is 82.0 Å². The van der Waals surface area contributed by atoms with Gasteiger partial charge in [-0.25, -0.2) is 4.68 Å². The largest absolute Gasteiger partial charge is 0.369 e. The van der Waals surface area contributed by atoms with Crippen molar-refractivity contribution in [1.82, 2.24) is 19.9 Å².